The molecule has 1 saturated carbocycles. The standard InChI is InChI=1S/C15H15Cl2F3N2O3/c16-10-1-9(2-11(17)12(10)24-7-15(18,19)20)22-13(23)21-6-14-3-8(4-14)5-25-14/h1-2,8H,3-7H2,(H2,21,22,23). The highest BCUT2D eigenvalue weighted by molar-refractivity contribution is 6.37. The number of amides is 2. The van der Waals surface area contributed by atoms with Crippen LogP contribution in [0.1, 0.15) is 12.8 Å². The van der Waals surface area contributed by atoms with E-state index in [1.807, 2.05) is 0 Å². The molecule has 3 aliphatic rings. The number of alkyl halides is 3. The summed E-state index contributed by atoms with van der Waals surface area (Å²) < 4.78 is 46.9. The Bertz CT molecular complexity index is 650. The molecule has 4 rings (SSSR count). The predicted molar refractivity (Wildman–Crippen MR) is 86.4 cm³/mol. The van der Waals surface area contributed by atoms with E-state index < -0.39 is 18.8 Å². The lowest BCUT2D eigenvalue weighted by molar-refractivity contribution is -0.153. The zero-order chi connectivity index (χ0) is 18.2. The van der Waals surface area contributed by atoms with Gasteiger partial charge in [0.15, 0.2) is 12.4 Å². The van der Waals surface area contributed by atoms with Crippen LogP contribution in [0.4, 0.5) is 23.7 Å². The van der Waals surface area contributed by atoms with Gasteiger partial charge < -0.3 is 20.1 Å². The van der Waals surface area contributed by atoms with Crippen molar-refractivity contribution in [1.29, 1.82) is 0 Å². The summed E-state index contributed by atoms with van der Waals surface area (Å²) in [5.74, 6) is 0.303. The first kappa shape index (κ1) is 18.4. The molecular formula is C15H15Cl2F3N2O3. The Hall–Kier alpha value is -1.38. The summed E-state index contributed by atoms with van der Waals surface area (Å²) in [4.78, 5) is 11.9. The molecule has 0 spiro atoms. The zero-order valence-electron chi connectivity index (χ0n) is 12.9. The van der Waals surface area contributed by atoms with Crippen LogP contribution in [0.3, 0.4) is 0 Å². The number of ether oxygens (including phenoxy) is 2. The summed E-state index contributed by atoms with van der Waals surface area (Å²) in [5, 5.41) is 4.97. The summed E-state index contributed by atoms with van der Waals surface area (Å²) in [7, 11) is 0. The Labute approximate surface area is 151 Å². The van der Waals surface area contributed by atoms with Crippen LogP contribution in [0.15, 0.2) is 12.1 Å². The topological polar surface area (TPSA) is 59.6 Å². The van der Waals surface area contributed by atoms with E-state index in [4.69, 9.17) is 27.9 Å². The van der Waals surface area contributed by atoms with Crippen molar-refractivity contribution in [2.75, 3.05) is 25.1 Å². The van der Waals surface area contributed by atoms with Gasteiger partial charge in [-0.25, -0.2) is 4.79 Å². The van der Waals surface area contributed by atoms with Crippen molar-refractivity contribution in [3.63, 3.8) is 0 Å². The molecule has 2 heterocycles. The van der Waals surface area contributed by atoms with Gasteiger partial charge in [-0.15, -0.1) is 0 Å². The molecule has 1 aliphatic carbocycles. The van der Waals surface area contributed by atoms with Crippen LogP contribution in [-0.2, 0) is 4.74 Å². The number of hydrogen-bond donors (Lipinski definition) is 2. The molecule has 25 heavy (non-hydrogen) atoms. The number of hydrogen-bond acceptors (Lipinski definition) is 3. The number of urea groups is 1. The first-order valence-electron chi connectivity index (χ1n) is 7.53. The van der Waals surface area contributed by atoms with Gasteiger partial charge in [-0.2, -0.15) is 13.2 Å². The third-order valence-electron chi connectivity index (χ3n) is 4.15. The number of carbonyl (C=O) groups excluding carboxylic acids is 1. The number of benzene rings is 1. The van der Waals surface area contributed by atoms with E-state index in [9.17, 15) is 18.0 Å². The molecular weight excluding hydrogens is 384 g/mol. The van der Waals surface area contributed by atoms with Crippen LogP contribution in [0, 0.1) is 5.92 Å². The average molecular weight is 399 g/mol. The van der Waals surface area contributed by atoms with Gasteiger partial charge in [0.05, 0.1) is 22.3 Å². The Kier molecular flexibility index (Phi) is 4.96. The minimum atomic E-state index is -4.51. The highest BCUT2D eigenvalue weighted by Crippen LogP contribution is 2.47. The molecule has 0 unspecified atom stereocenters. The fraction of sp³-hybridized carbons (Fsp3) is 0.533. The van der Waals surface area contributed by atoms with E-state index in [1.165, 1.54) is 12.1 Å². The van der Waals surface area contributed by atoms with E-state index in [2.05, 4.69) is 15.4 Å². The van der Waals surface area contributed by atoms with Gasteiger partial charge in [-0.05, 0) is 30.9 Å². The first-order chi connectivity index (χ1) is 11.7. The van der Waals surface area contributed by atoms with E-state index in [1.54, 1.807) is 0 Å². The SMILES string of the molecule is O=C(NCC12CC(CO1)C2)Nc1cc(Cl)c(OCC(F)(F)F)c(Cl)c1. The molecule has 3 fully saturated rings. The largest absolute Gasteiger partial charge is 0.481 e. The molecule has 0 atom stereocenters. The van der Waals surface area contributed by atoms with Crippen LogP contribution >= 0.6 is 23.2 Å². The van der Waals surface area contributed by atoms with Crippen molar-refractivity contribution in [1.82, 2.24) is 5.32 Å². The van der Waals surface area contributed by atoms with E-state index in [-0.39, 0.29) is 27.1 Å². The fourth-order valence-corrected chi connectivity index (χ4v) is 3.65. The van der Waals surface area contributed by atoms with E-state index in [0.29, 0.717) is 12.5 Å². The summed E-state index contributed by atoms with van der Waals surface area (Å²) in [5.41, 5.74) is -0.0183. The Balaban J connectivity index is 1.56. The number of nitrogens with one attached hydrogen (secondary N) is 2. The molecule has 2 bridgehead atoms. The van der Waals surface area contributed by atoms with Gasteiger partial charge >= 0.3 is 12.2 Å². The highest BCUT2D eigenvalue weighted by atomic mass is 35.5. The van der Waals surface area contributed by atoms with Crippen molar-refractivity contribution in [2.24, 2.45) is 5.92 Å². The zero-order valence-corrected chi connectivity index (χ0v) is 14.4. The second-order valence-corrected chi connectivity index (χ2v) is 7.06. The van der Waals surface area contributed by atoms with Crippen molar-refractivity contribution >= 4 is 34.9 Å². The second-order valence-electron chi connectivity index (χ2n) is 6.25. The van der Waals surface area contributed by atoms with Crippen LogP contribution in [0.2, 0.25) is 10.0 Å². The molecule has 10 heteroatoms. The smallest absolute Gasteiger partial charge is 0.422 e. The lowest BCUT2D eigenvalue weighted by atomic mass is 9.74. The molecule has 2 saturated heterocycles. The summed E-state index contributed by atoms with van der Waals surface area (Å²) in [6.07, 6.45) is -2.63. The minimum absolute atomic E-state index is 0.133. The van der Waals surface area contributed by atoms with Gasteiger partial charge in [0.1, 0.15) is 0 Å². The predicted octanol–water partition coefficient (Wildman–Crippen LogP) is 4.24. The lowest BCUT2D eigenvalue weighted by Crippen LogP contribution is -2.48. The van der Waals surface area contributed by atoms with Crippen molar-refractivity contribution < 1.29 is 27.4 Å². The van der Waals surface area contributed by atoms with Crippen LogP contribution in [-0.4, -0.2) is 37.6 Å². The Morgan fingerprint density at radius 1 is 1.32 bits per heavy atom. The number of carbonyl (C=O) groups is 1. The molecule has 0 radical (unpaired) electrons. The van der Waals surface area contributed by atoms with Crippen LogP contribution in [0.5, 0.6) is 5.75 Å². The van der Waals surface area contributed by atoms with Gasteiger partial charge in [0.2, 0.25) is 0 Å². The maximum atomic E-state index is 12.2. The quantitative estimate of drug-likeness (QED) is 0.779. The maximum Gasteiger partial charge on any atom is 0.422 e. The number of rotatable bonds is 5. The van der Waals surface area contributed by atoms with Gasteiger partial charge in [-0.3, -0.25) is 0 Å². The Morgan fingerprint density at radius 2 is 1.96 bits per heavy atom. The van der Waals surface area contributed by atoms with Crippen molar-refractivity contribution in [2.45, 2.75) is 24.6 Å². The van der Waals surface area contributed by atoms with Crippen molar-refractivity contribution in [3.05, 3.63) is 22.2 Å². The van der Waals surface area contributed by atoms with E-state index >= 15 is 0 Å². The third kappa shape index (κ3) is 4.43. The monoisotopic (exact) mass is 398 g/mol. The third-order valence-corrected chi connectivity index (χ3v) is 4.72. The molecule has 2 amide bonds. The molecule has 0 aromatic heterocycles. The summed E-state index contributed by atoms with van der Waals surface area (Å²) in [6.45, 7) is -0.389. The van der Waals surface area contributed by atoms with Crippen molar-refractivity contribution in [3.8, 4) is 5.75 Å². The fourth-order valence-electron chi connectivity index (χ4n) is 3.06. The van der Waals surface area contributed by atoms with Crippen LogP contribution < -0.4 is 15.4 Å². The summed E-state index contributed by atoms with van der Waals surface area (Å²) in [6, 6.07) is 2.05. The molecule has 2 aliphatic heterocycles. The molecule has 138 valence electrons. The molecule has 1 aromatic carbocycles. The normalized spacial score (nSPS) is 24.6. The number of halogens is 5. The molecule has 5 nitrogen and oxygen atoms in total. The maximum absolute atomic E-state index is 12.2. The molecule has 2 N–H and O–H groups in total. The average Bonchev–Trinajstić information content (AvgIpc) is 3.03. The highest BCUT2D eigenvalue weighted by Gasteiger charge is 2.51. The Morgan fingerprint density at radius 3 is 2.48 bits per heavy atom. The van der Waals surface area contributed by atoms with Crippen LogP contribution in [0.25, 0.3) is 0 Å². The number of anilines is 1. The number of fused-ring (bicyclic) bond motifs is 1. The minimum Gasteiger partial charge on any atom is -0.481 e. The second kappa shape index (κ2) is 6.74. The summed E-state index contributed by atoms with van der Waals surface area (Å²) >= 11 is 11.8. The lowest BCUT2D eigenvalue weighted by Gasteiger charge is -2.35. The van der Waals surface area contributed by atoms with Gasteiger partial charge in [-0.1, -0.05) is 23.2 Å². The van der Waals surface area contributed by atoms with Gasteiger partial charge in [0.25, 0.3) is 0 Å². The van der Waals surface area contributed by atoms with Gasteiger partial charge in [0, 0.05) is 12.2 Å². The first-order valence-corrected chi connectivity index (χ1v) is 8.29. The van der Waals surface area contributed by atoms with E-state index in [0.717, 1.165) is 19.4 Å². The molecule has 1 aromatic rings.